The van der Waals surface area contributed by atoms with Crippen molar-refractivity contribution in [2.75, 3.05) is 6.54 Å². The van der Waals surface area contributed by atoms with Crippen LogP contribution in [0.2, 0.25) is 5.02 Å². The van der Waals surface area contributed by atoms with Gasteiger partial charge in [0.15, 0.2) is 10.8 Å². The third kappa shape index (κ3) is 6.55. The molecule has 2 N–H and O–H groups in total. The minimum atomic E-state index is -4.09. The minimum Gasteiger partial charge on any atom is -0.388 e. The van der Waals surface area contributed by atoms with Gasteiger partial charge >= 0.3 is 6.55 Å². The highest BCUT2D eigenvalue weighted by molar-refractivity contribution is 7.87. The number of rotatable bonds is 9. The molecule has 0 bridgehead atoms. The zero-order valence-corrected chi connectivity index (χ0v) is 28.8. The van der Waals surface area contributed by atoms with Gasteiger partial charge in [-0.2, -0.15) is 31.3 Å². The lowest BCUT2D eigenvalue weighted by Crippen LogP contribution is -2.60. The van der Waals surface area contributed by atoms with Crippen molar-refractivity contribution in [1.82, 2.24) is 38.2 Å². The molecule has 0 saturated carbocycles. The molecule has 12 nitrogen and oxygen atoms in total. The fourth-order valence-electron chi connectivity index (χ4n) is 7.42. The normalized spacial score (nSPS) is 26.4. The monoisotopic (exact) mass is 735 g/mol. The first kappa shape index (κ1) is 33.9. The van der Waals surface area contributed by atoms with Crippen molar-refractivity contribution in [3.8, 4) is 0 Å². The summed E-state index contributed by atoms with van der Waals surface area (Å²) < 4.78 is 76.3. The highest BCUT2D eigenvalue weighted by Crippen LogP contribution is 2.46. The molecule has 0 aliphatic carbocycles. The van der Waals surface area contributed by atoms with E-state index in [1.807, 2.05) is 4.90 Å². The molecule has 0 amide bonds. The van der Waals surface area contributed by atoms with E-state index in [2.05, 4.69) is 19.8 Å². The number of aliphatic imine (C=N–C) groups is 1. The number of thiazole rings is 1. The average molecular weight is 736 g/mol. The van der Waals surface area contributed by atoms with Crippen LogP contribution in [0.25, 0.3) is 5.57 Å². The van der Waals surface area contributed by atoms with Gasteiger partial charge in [0.2, 0.25) is 0 Å². The molecule has 4 aromatic rings. The van der Waals surface area contributed by atoms with Crippen LogP contribution >= 0.6 is 22.9 Å². The van der Waals surface area contributed by atoms with E-state index in [0.29, 0.717) is 32.4 Å². The number of hydrogen-bond acceptors (Lipinski definition) is 9. The van der Waals surface area contributed by atoms with Crippen LogP contribution in [0.4, 0.5) is 13.2 Å². The Balaban J connectivity index is 1.24. The van der Waals surface area contributed by atoms with Gasteiger partial charge in [-0.05, 0) is 44.9 Å². The van der Waals surface area contributed by atoms with Crippen LogP contribution in [0.15, 0.2) is 71.4 Å². The van der Waals surface area contributed by atoms with Crippen LogP contribution in [-0.2, 0) is 16.8 Å². The van der Waals surface area contributed by atoms with Crippen molar-refractivity contribution in [3.05, 3.63) is 93.6 Å². The first-order valence-electron chi connectivity index (χ1n) is 15.6. The summed E-state index contributed by atoms with van der Waals surface area (Å²) in [6.45, 7) is 1.11. The number of amidine groups is 1. The van der Waals surface area contributed by atoms with Crippen LogP contribution in [0.5, 0.6) is 0 Å². The molecule has 0 spiro atoms. The van der Waals surface area contributed by atoms with Gasteiger partial charge < -0.3 is 14.6 Å². The van der Waals surface area contributed by atoms with Crippen LogP contribution in [-0.4, -0.2) is 83.2 Å². The molecule has 2 saturated heterocycles. The summed E-state index contributed by atoms with van der Waals surface area (Å²) in [4.78, 5) is 15.3. The number of alkyl halides is 2. The highest BCUT2D eigenvalue weighted by atomic mass is 35.5. The van der Waals surface area contributed by atoms with Gasteiger partial charge in [-0.15, -0.1) is 11.3 Å². The number of nitrogens with zero attached hydrogens (tertiary/aromatic N) is 8. The van der Waals surface area contributed by atoms with Gasteiger partial charge in [0, 0.05) is 83.1 Å². The van der Waals surface area contributed by atoms with E-state index < -0.39 is 52.3 Å². The number of hydrogen-bond donors (Lipinski definition) is 2. The van der Waals surface area contributed by atoms with Crippen molar-refractivity contribution in [2.45, 2.75) is 76.0 Å². The summed E-state index contributed by atoms with van der Waals surface area (Å²) in [6, 6.07) is 2.75. The van der Waals surface area contributed by atoms with Crippen molar-refractivity contribution in [3.63, 3.8) is 0 Å². The van der Waals surface area contributed by atoms with E-state index in [9.17, 15) is 26.7 Å². The Bertz CT molecular complexity index is 1990. The largest absolute Gasteiger partial charge is 0.388 e. The molecule has 3 aliphatic rings. The molecule has 260 valence electrons. The molecule has 49 heavy (non-hydrogen) atoms. The lowest BCUT2D eigenvalue weighted by atomic mass is 9.84. The standard InChI is InChI=1S/C31H33ClF3N9O3S2/c1-18-13-31(45,16-41-9-6-36-17-41)14-19(2)44(18)49(46,47)40-21-12-25-26(24-5-8-43(39-24)30(34)35)27(22-4-3-20(33)11-23(22)32)38-28(42(25)15-21)29-37-7-10-48-29/h3-11,17-19,21,27,30,40,45H,12-16H2,1-2H3/t18-,19?,21-,27-,31-/m0/s1. The molecule has 3 aliphatic heterocycles. The smallest absolute Gasteiger partial charge is 0.333 e. The Morgan fingerprint density at radius 1 is 1.16 bits per heavy atom. The van der Waals surface area contributed by atoms with E-state index in [4.69, 9.17) is 16.6 Å². The number of benzene rings is 1. The van der Waals surface area contributed by atoms with Crippen molar-refractivity contribution in [2.24, 2.45) is 4.99 Å². The second-order valence-corrected chi connectivity index (χ2v) is 15.6. The van der Waals surface area contributed by atoms with E-state index in [1.165, 1.54) is 33.8 Å². The molecular weight excluding hydrogens is 703 g/mol. The number of piperidine rings is 1. The zero-order chi connectivity index (χ0) is 34.7. The first-order chi connectivity index (χ1) is 23.3. The molecule has 7 rings (SSSR count). The van der Waals surface area contributed by atoms with Crippen LogP contribution in [0.3, 0.4) is 0 Å². The molecular formula is C31H33ClF3N9O3S2. The fraction of sp³-hybridized carbons (Fsp3) is 0.419. The zero-order valence-electron chi connectivity index (χ0n) is 26.4. The Kier molecular flexibility index (Phi) is 8.94. The van der Waals surface area contributed by atoms with Crippen LogP contribution < -0.4 is 4.72 Å². The molecule has 3 aromatic heterocycles. The summed E-state index contributed by atoms with van der Waals surface area (Å²) >= 11 is 7.88. The number of imidazole rings is 1. The van der Waals surface area contributed by atoms with E-state index in [0.717, 1.165) is 12.3 Å². The molecule has 0 radical (unpaired) electrons. The predicted molar refractivity (Wildman–Crippen MR) is 178 cm³/mol. The molecule has 1 unspecified atom stereocenters. The van der Waals surface area contributed by atoms with Gasteiger partial charge in [-0.3, -0.25) is 4.99 Å². The molecule has 2 fully saturated rings. The summed E-state index contributed by atoms with van der Waals surface area (Å²) in [5, 5.41) is 18.0. The Morgan fingerprint density at radius 3 is 2.57 bits per heavy atom. The Labute approximate surface area is 289 Å². The maximum atomic E-state index is 14.2. The maximum Gasteiger partial charge on any atom is 0.333 e. The van der Waals surface area contributed by atoms with Crippen LogP contribution in [0, 0.1) is 5.82 Å². The van der Waals surface area contributed by atoms with Gasteiger partial charge in [-0.25, -0.2) is 19.0 Å². The quantitative estimate of drug-likeness (QED) is 0.251. The SMILES string of the molecule is CC1C[C@](O)(Cn2ccnc2)C[C@H](C)N1S(=O)(=O)N[C@H]1CC2=C(c3ccn(C(F)F)n3)[C@H](c3ccc(F)cc3Cl)N=C(c3nccs3)N2C1. The molecule has 6 heterocycles. The lowest BCUT2D eigenvalue weighted by Gasteiger charge is -2.46. The van der Waals surface area contributed by atoms with Crippen molar-refractivity contribution in [1.29, 1.82) is 0 Å². The lowest BCUT2D eigenvalue weighted by molar-refractivity contribution is -0.0528. The van der Waals surface area contributed by atoms with Crippen molar-refractivity contribution >= 4 is 44.6 Å². The Hall–Kier alpha value is -3.61. The maximum absolute atomic E-state index is 14.2. The summed E-state index contributed by atoms with van der Waals surface area (Å²) in [6.07, 6.45) is 8.38. The molecule has 18 heteroatoms. The van der Waals surface area contributed by atoms with Crippen molar-refractivity contribution < 1.29 is 26.7 Å². The fourth-order valence-corrected chi connectivity index (χ4v) is 10.1. The van der Waals surface area contributed by atoms with E-state index in [1.54, 1.807) is 48.7 Å². The number of halogens is 4. The Morgan fingerprint density at radius 2 is 1.94 bits per heavy atom. The van der Waals surface area contributed by atoms with Gasteiger partial charge in [-0.1, -0.05) is 17.7 Å². The number of fused-ring (bicyclic) bond motifs is 1. The van der Waals surface area contributed by atoms with Gasteiger partial charge in [0.25, 0.3) is 10.2 Å². The highest BCUT2D eigenvalue weighted by Gasteiger charge is 2.47. The molecule has 1 aromatic carbocycles. The topological polar surface area (TPSA) is 134 Å². The van der Waals surface area contributed by atoms with Gasteiger partial charge in [0.1, 0.15) is 11.9 Å². The number of nitrogens with one attached hydrogen (secondary N) is 1. The summed E-state index contributed by atoms with van der Waals surface area (Å²) in [7, 11) is -4.09. The molecule has 5 atom stereocenters. The second kappa shape index (κ2) is 12.9. The summed E-state index contributed by atoms with van der Waals surface area (Å²) in [5.74, 6) is -0.110. The average Bonchev–Trinajstić information content (AvgIpc) is 3.83. The number of aliphatic hydroxyl groups is 1. The third-order valence-electron chi connectivity index (χ3n) is 9.07. The first-order valence-corrected chi connectivity index (χ1v) is 18.3. The summed E-state index contributed by atoms with van der Waals surface area (Å²) in [5.41, 5.74) is 0.545. The van der Waals surface area contributed by atoms with Gasteiger partial charge in [0.05, 0.1) is 24.2 Å². The second-order valence-electron chi connectivity index (χ2n) is 12.7. The van der Waals surface area contributed by atoms with Crippen LogP contribution in [0.1, 0.15) is 62.0 Å². The van der Waals surface area contributed by atoms with E-state index >= 15 is 0 Å². The number of aromatic nitrogens is 5. The third-order valence-corrected chi connectivity index (χ3v) is 12.1. The predicted octanol–water partition coefficient (Wildman–Crippen LogP) is 4.85. The minimum absolute atomic E-state index is 0.0865. The van der Waals surface area contributed by atoms with E-state index in [-0.39, 0.29) is 43.1 Å².